The number of carbonyl (C=O) groups is 1. The number of aryl methyl sites for hydroxylation is 1. The Morgan fingerprint density at radius 2 is 2.32 bits per heavy atom. The van der Waals surface area contributed by atoms with E-state index in [1.54, 1.807) is 0 Å². The fourth-order valence-electron chi connectivity index (χ4n) is 2.23. The van der Waals surface area contributed by atoms with E-state index in [1.165, 1.54) is 0 Å². The summed E-state index contributed by atoms with van der Waals surface area (Å²) in [6.45, 7) is 7.53. The first-order chi connectivity index (χ1) is 9.13. The summed E-state index contributed by atoms with van der Waals surface area (Å²) in [5.41, 5.74) is 2.03. The van der Waals surface area contributed by atoms with E-state index in [4.69, 9.17) is 4.74 Å². The molecule has 2 N–H and O–H groups in total. The maximum absolute atomic E-state index is 11.9. The number of ether oxygens (including phenoxy) is 1. The molecule has 1 atom stereocenters. The predicted molar refractivity (Wildman–Crippen MR) is 71.9 cm³/mol. The van der Waals surface area contributed by atoms with Gasteiger partial charge < -0.3 is 10.1 Å². The van der Waals surface area contributed by atoms with Crippen LogP contribution in [0, 0.1) is 6.92 Å². The molecule has 0 bridgehead atoms. The summed E-state index contributed by atoms with van der Waals surface area (Å²) in [5, 5.41) is 10.1. The summed E-state index contributed by atoms with van der Waals surface area (Å²) in [5.74, 6) is 0.0710. The van der Waals surface area contributed by atoms with Gasteiger partial charge in [-0.05, 0) is 19.9 Å². The van der Waals surface area contributed by atoms with Crippen molar-refractivity contribution in [3.63, 3.8) is 0 Å². The van der Waals surface area contributed by atoms with Crippen molar-refractivity contribution in [1.29, 1.82) is 0 Å². The van der Waals surface area contributed by atoms with Gasteiger partial charge in [0.2, 0.25) is 5.91 Å². The molecule has 1 aliphatic heterocycles. The van der Waals surface area contributed by atoms with Crippen LogP contribution in [-0.2, 0) is 16.0 Å². The number of aromatic amines is 1. The third-order valence-electron chi connectivity index (χ3n) is 3.15. The number of morpholine rings is 1. The molecule has 6 heteroatoms. The fraction of sp³-hybridized carbons (Fsp3) is 0.692. The van der Waals surface area contributed by atoms with Gasteiger partial charge in [-0.1, -0.05) is 0 Å². The van der Waals surface area contributed by atoms with Crippen molar-refractivity contribution in [2.75, 3.05) is 32.8 Å². The topological polar surface area (TPSA) is 70.2 Å². The molecule has 19 heavy (non-hydrogen) atoms. The summed E-state index contributed by atoms with van der Waals surface area (Å²) < 4.78 is 5.26. The first-order valence-electron chi connectivity index (χ1n) is 6.74. The van der Waals surface area contributed by atoms with Gasteiger partial charge in [-0.3, -0.25) is 14.8 Å². The Bertz CT molecular complexity index is 413. The Labute approximate surface area is 113 Å². The van der Waals surface area contributed by atoms with Gasteiger partial charge in [0.1, 0.15) is 0 Å². The number of nitrogens with zero attached hydrogens (tertiary/aromatic N) is 2. The Hall–Kier alpha value is -1.40. The van der Waals surface area contributed by atoms with Crippen molar-refractivity contribution >= 4 is 5.91 Å². The van der Waals surface area contributed by atoms with Crippen molar-refractivity contribution in [3.05, 3.63) is 17.5 Å². The molecule has 0 unspecified atom stereocenters. The quantitative estimate of drug-likeness (QED) is 0.793. The van der Waals surface area contributed by atoms with Crippen molar-refractivity contribution < 1.29 is 9.53 Å². The molecule has 6 nitrogen and oxygen atoms in total. The molecule has 1 aromatic rings. The zero-order chi connectivity index (χ0) is 13.7. The minimum absolute atomic E-state index is 0.0710. The van der Waals surface area contributed by atoms with Crippen LogP contribution in [0.5, 0.6) is 0 Å². The van der Waals surface area contributed by atoms with E-state index in [0.717, 1.165) is 44.1 Å². The standard InChI is InChI=1S/C13H22N4O2/c1-10(7-12-8-11(2)15-16-12)14-13(18)9-17-3-5-19-6-4-17/h8,10H,3-7,9H2,1-2H3,(H,14,18)(H,15,16)/t10-/m1/s1. The molecular formula is C13H22N4O2. The average Bonchev–Trinajstić information content (AvgIpc) is 2.75. The normalized spacial score (nSPS) is 18.2. The second kappa shape index (κ2) is 6.68. The molecule has 1 saturated heterocycles. The van der Waals surface area contributed by atoms with Gasteiger partial charge in [0.15, 0.2) is 0 Å². The van der Waals surface area contributed by atoms with Gasteiger partial charge in [-0.2, -0.15) is 5.10 Å². The van der Waals surface area contributed by atoms with Crippen LogP contribution in [0.25, 0.3) is 0 Å². The predicted octanol–water partition coefficient (Wildman–Crippen LogP) is 0.0975. The number of rotatable bonds is 5. The third kappa shape index (κ3) is 4.65. The second-order valence-corrected chi connectivity index (χ2v) is 5.10. The number of hydrogen-bond donors (Lipinski definition) is 2. The lowest BCUT2D eigenvalue weighted by atomic mass is 10.2. The van der Waals surface area contributed by atoms with Gasteiger partial charge in [0.25, 0.3) is 0 Å². The molecule has 1 amide bonds. The van der Waals surface area contributed by atoms with Crippen LogP contribution < -0.4 is 5.32 Å². The number of hydrogen-bond acceptors (Lipinski definition) is 4. The highest BCUT2D eigenvalue weighted by Crippen LogP contribution is 2.02. The van der Waals surface area contributed by atoms with Gasteiger partial charge in [0.05, 0.1) is 25.5 Å². The SMILES string of the molecule is Cc1cc(C[C@@H](C)NC(=O)CN2CCOCC2)n[nH]1. The number of amides is 1. The molecule has 0 spiro atoms. The Kier molecular flexibility index (Phi) is 4.93. The summed E-state index contributed by atoms with van der Waals surface area (Å²) in [4.78, 5) is 14.0. The molecule has 2 rings (SSSR count). The first-order valence-corrected chi connectivity index (χ1v) is 6.74. The summed E-state index contributed by atoms with van der Waals surface area (Å²) >= 11 is 0. The minimum atomic E-state index is 0.0710. The Morgan fingerprint density at radius 1 is 1.58 bits per heavy atom. The largest absolute Gasteiger partial charge is 0.379 e. The van der Waals surface area contributed by atoms with E-state index in [9.17, 15) is 4.79 Å². The lowest BCUT2D eigenvalue weighted by molar-refractivity contribution is -0.123. The maximum atomic E-state index is 11.9. The van der Waals surface area contributed by atoms with Gasteiger partial charge in [-0.25, -0.2) is 0 Å². The molecule has 106 valence electrons. The highest BCUT2D eigenvalue weighted by Gasteiger charge is 2.16. The Morgan fingerprint density at radius 3 is 2.95 bits per heavy atom. The zero-order valence-electron chi connectivity index (χ0n) is 11.6. The molecule has 1 fully saturated rings. The maximum Gasteiger partial charge on any atom is 0.234 e. The highest BCUT2D eigenvalue weighted by atomic mass is 16.5. The van der Waals surface area contributed by atoms with E-state index in [0.29, 0.717) is 6.54 Å². The first kappa shape index (κ1) is 14.0. The van der Waals surface area contributed by atoms with Crippen LogP contribution in [0.2, 0.25) is 0 Å². The summed E-state index contributed by atoms with van der Waals surface area (Å²) in [6.07, 6.45) is 0.749. The molecule has 2 heterocycles. The molecular weight excluding hydrogens is 244 g/mol. The van der Waals surface area contributed by atoms with Crippen molar-refractivity contribution in [1.82, 2.24) is 20.4 Å². The molecule has 0 aromatic carbocycles. The number of aromatic nitrogens is 2. The third-order valence-corrected chi connectivity index (χ3v) is 3.15. The lowest BCUT2D eigenvalue weighted by Gasteiger charge is -2.26. The van der Waals surface area contributed by atoms with Gasteiger partial charge >= 0.3 is 0 Å². The molecule has 1 aliphatic rings. The lowest BCUT2D eigenvalue weighted by Crippen LogP contribution is -2.45. The van der Waals surface area contributed by atoms with Crippen LogP contribution in [0.15, 0.2) is 6.07 Å². The van der Waals surface area contributed by atoms with Crippen molar-refractivity contribution in [2.45, 2.75) is 26.3 Å². The van der Waals surface area contributed by atoms with E-state index in [-0.39, 0.29) is 11.9 Å². The van der Waals surface area contributed by atoms with Crippen LogP contribution in [-0.4, -0.2) is 59.9 Å². The molecule has 0 saturated carbocycles. The van der Waals surface area contributed by atoms with Crippen LogP contribution in [0.1, 0.15) is 18.3 Å². The van der Waals surface area contributed by atoms with Crippen LogP contribution in [0.3, 0.4) is 0 Å². The average molecular weight is 266 g/mol. The zero-order valence-corrected chi connectivity index (χ0v) is 11.6. The highest BCUT2D eigenvalue weighted by molar-refractivity contribution is 5.78. The van der Waals surface area contributed by atoms with Crippen molar-refractivity contribution in [2.24, 2.45) is 0 Å². The number of nitrogens with one attached hydrogen (secondary N) is 2. The second-order valence-electron chi connectivity index (χ2n) is 5.10. The van der Waals surface area contributed by atoms with Crippen LogP contribution >= 0.6 is 0 Å². The van der Waals surface area contributed by atoms with Crippen molar-refractivity contribution in [3.8, 4) is 0 Å². The van der Waals surface area contributed by atoms with Gasteiger partial charge in [0, 0.05) is 31.2 Å². The minimum Gasteiger partial charge on any atom is -0.379 e. The van der Waals surface area contributed by atoms with E-state index >= 15 is 0 Å². The fourth-order valence-corrected chi connectivity index (χ4v) is 2.23. The molecule has 0 aliphatic carbocycles. The van der Waals surface area contributed by atoms with E-state index < -0.39 is 0 Å². The van der Waals surface area contributed by atoms with E-state index in [1.807, 2.05) is 19.9 Å². The van der Waals surface area contributed by atoms with Gasteiger partial charge in [-0.15, -0.1) is 0 Å². The monoisotopic (exact) mass is 266 g/mol. The number of H-pyrrole nitrogens is 1. The Balaban J connectivity index is 1.71. The number of carbonyl (C=O) groups excluding carboxylic acids is 1. The van der Waals surface area contributed by atoms with E-state index in [2.05, 4.69) is 20.4 Å². The molecule has 0 radical (unpaired) electrons. The summed E-state index contributed by atoms with van der Waals surface area (Å²) in [6, 6.07) is 2.10. The van der Waals surface area contributed by atoms with Crippen LogP contribution in [0.4, 0.5) is 0 Å². The summed E-state index contributed by atoms with van der Waals surface area (Å²) in [7, 11) is 0. The smallest absolute Gasteiger partial charge is 0.234 e. The molecule has 1 aromatic heterocycles.